The highest BCUT2D eigenvalue weighted by Gasteiger charge is 2.75. The average Bonchev–Trinajstić information content (AvgIpc) is 3.49. The van der Waals surface area contributed by atoms with E-state index in [1.54, 1.807) is 0 Å². The van der Waals surface area contributed by atoms with Gasteiger partial charge in [-0.25, -0.2) is 26.4 Å². The molecule has 7 nitrogen and oxygen atoms in total. The molecular weight excluding hydrogens is 523 g/mol. The van der Waals surface area contributed by atoms with Crippen molar-refractivity contribution in [1.29, 1.82) is 0 Å². The lowest BCUT2D eigenvalue weighted by molar-refractivity contribution is -0.00230. The number of sulfone groups is 1. The summed E-state index contributed by atoms with van der Waals surface area (Å²) in [4.78, 5) is 24.2. The van der Waals surface area contributed by atoms with E-state index < -0.39 is 50.2 Å². The van der Waals surface area contributed by atoms with Crippen molar-refractivity contribution < 1.29 is 40.7 Å². The Kier molecular flexibility index (Phi) is 5.15. The monoisotopic (exact) mass is 541 g/mol. The highest BCUT2D eigenvalue weighted by molar-refractivity contribution is 7.92. The largest absolute Gasteiger partial charge is 0.509 e. The second-order valence-corrected chi connectivity index (χ2v) is 12.4. The van der Waals surface area contributed by atoms with Crippen LogP contribution < -0.4 is 5.32 Å². The van der Waals surface area contributed by atoms with Crippen LogP contribution in [0.3, 0.4) is 0 Å². The van der Waals surface area contributed by atoms with Gasteiger partial charge in [0, 0.05) is 29.3 Å². The number of amides is 1. The zero-order valence-corrected chi connectivity index (χ0v) is 20.0. The van der Waals surface area contributed by atoms with Crippen molar-refractivity contribution in [3.05, 3.63) is 58.4 Å². The molecule has 2 bridgehead atoms. The van der Waals surface area contributed by atoms with Gasteiger partial charge in [-0.05, 0) is 55.2 Å². The predicted molar refractivity (Wildman–Crippen MR) is 120 cm³/mol. The van der Waals surface area contributed by atoms with E-state index in [1.807, 2.05) is 0 Å². The van der Waals surface area contributed by atoms with Gasteiger partial charge in [-0.3, -0.25) is 4.79 Å². The van der Waals surface area contributed by atoms with Gasteiger partial charge in [-0.1, -0.05) is 11.6 Å². The fourth-order valence-electron chi connectivity index (χ4n) is 6.62. The Balaban J connectivity index is 1.29. The Labute approximate surface area is 208 Å². The number of benzene rings is 2. The second kappa shape index (κ2) is 7.85. The number of fused-ring (bicyclic) bond motifs is 3. The summed E-state index contributed by atoms with van der Waals surface area (Å²) in [5, 5.41) is 1.43. The molecule has 1 spiro atoms. The van der Waals surface area contributed by atoms with E-state index in [-0.39, 0.29) is 51.4 Å². The molecule has 4 aliphatic rings. The van der Waals surface area contributed by atoms with Crippen LogP contribution in [0.15, 0.2) is 35.2 Å². The van der Waals surface area contributed by atoms with E-state index in [2.05, 4.69) is 5.32 Å². The van der Waals surface area contributed by atoms with E-state index in [0.29, 0.717) is 25.0 Å². The third-order valence-electron chi connectivity index (χ3n) is 7.98. The SMILES string of the molecule is O=C1OC[C@@]2(CC3CCC4C(C42)[C@H]3S(=O)(=O)c2cc(C(=O)Nc3cc(F)c(F)c(F)c3)ccc2Cl)O1. The molecule has 1 heterocycles. The molecule has 190 valence electrons. The molecule has 3 saturated carbocycles. The summed E-state index contributed by atoms with van der Waals surface area (Å²) in [6.07, 6.45) is 1.14. The van der Waals surface area contributed by atoms with Crippen molar-refractivity contribution in [2.45, 2.75) is 35.0 Å². The lowest BCUT2D eigenvalue weighted by Crippen LogP contribution is -2.48. The Hall–Kier alpha value is -2.79. The molecule has 1 amide bonds. The maximum atomic E-state index is 13.9. The normalized spacial score (nSPS) is 32.1. The average molecular weight is 542 g/mol. The quantitative estimate of drug-likeness (QED) is 0.444. The number of hydrogen-bond donors (Lipinski definition) is 1. The number of hydrogen-bond acceptors (Lipinski definition) is 6. The van der Waals surface area contributed by atoms with Crippen molar-refractivity contribution in [2.75, 3.05) is 11.9 Å². The molecule has 4 fully saturated rings. The maximum absolute atomic E-state index is 13.9. The van der Waals surface area contributed by atoms with Gasteiger partial charge in [0.2, 0.25) is 0 Å². The highest BCUT2D eigenvalue weighted by atomic mass is 35.5. The van der Waals surface area contributed by atoms with Crippen LogP contribution in [-0.4, -0.2) is 37.9 Å². The van der Waals surface area contributed by atoms with Gasteiger partial charge in [-0.15, -0.1) is 0 Å². The summed E-state index contributed by atoms with van der Waals surface area (Å²) in [5.41, 5.74) is -1.23. The first kappa shape index (κ1) is 23.6. The maximum Gasteiger partial charge on any atom is 0.509 e. The Morgan fingerprint density at radius 2 is 1.83 bits per heavy atom. The number of halogens is 4. The number of ether oxygens (including phenoxy) is 2. The molecule has 2 aromatic rings. The Morgan fingerprint density at radius 1 is 1.11 bits per heavy atom. The molecule has 4 unspecified atom stereocenters. The minimum Gasteiger partial charge on any atom is -0.430 e. The van der Waals surface area contributed by atoms with Crippen LogP contribution in [0, 0.1) is 41.1 Å². The summed E-state index contributed by atoms with van der Waals surface area (Å²) < 4.78 is 78.6. The number of nitrogens with one attached hydrogen (secondary N) is 1. The first-order valence-electron chi connectivity index (χ1n) is 11.4. The molecule has 6 atom stereocenters. The van der Waals surface area contributed by atoms with E-state index in [9.17, 15) is 31.2 Å². The lowest BCUT2D eigenvalue weighted by Gasteiger charge is -2.39. The fraction of sp³-hybridized carbons (Fsp3) is 0.417. The van der Waals surface area contributed by atoms with Gasteiger partial charge in [0.25, 0.3) is 5.91 Å². The molecule has 0 radical (unpaired) electrons. The van der Waals surface area contributed by atoms with Gasteiger partial charge in [0.05, 0.1) is 15.2 Å². The molecule has 1 saturated heterocycles. The zero-order valence-electron chi connectivity index (χ0n) is 18.5. The summed E-state index contributed by atoms with van der Waals surface area (Å²) in [6, 6.07) is 4.92. The minimum absolute atomic E-state index is 0.0607. The van der Waals surface area contributed by atoms with E-state index >= 15 is 0 Å². The number of rotatable bonds is 4. The van der Waals surface area contributed by atoms with E-state index in [1.165, 1.54) is 12.1 Å². The fourth-order valence-corrected chi connectivity index (χ4v) is 9.50. The molecular formula is C24H19ClF3NO6S. The van der Waals surface area contributed by atoms with Crippen molar-refractivity contribution >= 4 is 39.2 Å². The molecule has 3 aliphatic carbocycles. The highest BCUT2D eigenvalue weighted by Crippen LogP contribution is 2.70. The molecule has 0 aromatic heterocycles. The first-order valence-corrected chi connectivity index (χ1v) is 13.3. The van der Waals surface area contributed by atoms with Crippen molar-refractivity contribution in [3.8, 4) is 0 Å². The summed E-state index contributed by atoms with van der Waals surface area (Å²) >= 11 is 6.29. The van der Waals surface area contributed by atoms with Crippen LogP contribution in [0.25, 0.3) is 0 Å². The summed E-state index contributed by atoms with van der Waals surface area (Å²) in [7, 11) is -4.00. The predicted octanol–water partition coefficient (Wildman–Crippen LogP) is 4.73. The van der Waals surface area contributed by atoms with Crippen LogP contribution in [0.5, 0.6) is 0 Å². The Bertz CT molecular complexity index is 1410. The molecule has 36 heavy (non-hydrogen) atoms. The van der Waals surface area contributed by atoms with Crippen LogP contribution in [0.4, 0.5) is 23.7 Å². The number of carbonyl (C=O) groups excluding carboxylic acids is 2. The standard InChI is InChI=1S/C24H19ClF3NO6S/c25-14-4-2-10(22(30)29-12-6-15(26)20(28)16(27)7-12)5-17(14)36(32,33)21-11-1-3-13-18(21)19(13)24(8-11)9-34-23(31)35-24/h2,4-7,11,13,18-19,21H,1,3,8-9H2,(H,29,30)/t11?,13?,18?,19?,21-,24+/m0/s1. The van der Waals surface area contributed by atoms with Crippen LogP contribution >= 0.6 is 11.6 Å². The summed E-state index contributed by atoms with van der Waals surface area (Å²) in [5.74, 6) is -5.99. The topological polar surface area (TPSA) is 98.8 Å². The Morgan fingerprint density at radius 3 is 2.50 bits per heavy atom. The van der Waals surface area contributed by atoms with Crippen LogP contribution in [0.2, 0.25) is 5.02 Å². The molecule has 1 aliphatic heterocycles. The molecule has 1 N–H and O–H groups in total. The lowest BCUT2D eigenvalue weighted by atomic mass is 9.76. The van der Waals surface area contributed by atoms with Gasteiger partial charge < -0.3 is 14.8 Å². The van der Waals surface area contributed by atoms with E-state index in [0.717, 1.165) is 12.5 Å². The number of anilines is 1. The summed E-state index contributed by atoms with van der Waals surface area (Å²) in [6.45, 7) is 0.119. The minimum atomic E-state index is -4.00. The van der Waals surface area contributed by atoms with E-state index in [4.69, 9.17) is 21.1 Å². The van der Waals surface area contributed by atoms with Crippen LogP contribution in [0.1, 0.15) is 29.6 Å². The van der Waals surface area contributed by atoms with Crippen molar-refractivity contribution in [2.24, 2.45) is 23.7 Å². The third-order valence-corrected chi connectivity index (χ3v) is 10.8. The van der Waals surface area contributed by atoms with Gasteiger partial charge in [0.15, 0.2) is 32.9 Å². The van der Waals surface area contributed by atoms with Gasteiger partial charge >= 0.3 is 6.16 Å². The number of cyclic esters (lactones) is 1. The molecule has 2 aromatic carbocycles. The van der Waals surface area contributed by atoms with Gasteiger partial charge in [0.1, 0.15) is 6.61 Å². The molecule has 12 heteroatoms. The van der Waals surface area contributed by atoms with Gasteiger partial charge in [-0.2, -0.15) is 0 Å². The second-order valence-electron chi connectivity index (χ2n) is 9.88. The first-order chi connectivity index (χ1) is 17.0. The van der Waals surface area contributed by atoms with Crippen LogP contribution in [-0.2, 0) is 19.3 Å². The smallest absolute Gasteiger partial charge is 0.430 e. The van der Waals surface area contributed by atoms with Crippen molar-refractivity contribution in [3.63, 3.8) is 0 Å². The zero-order chi connectivity index (χ0) is 25.6. The van der Waals surface area contributed by atoms with Crippen molar-refractivity contribution in [1.82, 2.24) is 0 Å². The number of carbonyl (C=O) groups is 2. The third kappa shape index (κ3) is 3.42. The molecule has 6 rings (SSSR count).